The van der Waals surface area contributed by atoms with Crippen LogP contribution in [0, 0.1) is 5.92 Å². The van der Waals surface area contributed by atoms with Crippen molar-refractivity contribution in [2.45, 2.75) is 31.8 Å². The first-order chi connectivity index (χ1) is 14.3. The van der Waals surface area contributed by atoms with E-state index in [4.69, 9.17) is 0 Å². The number of hydrogen-bond donors (Lipinski definition) is 1. The van der Waals surface area contributed by atoms with E-state index in [9.17, 15) is 4.79 Å². The van der Waals surface area contributed by atoms with Gasteiger partial charge < -0.3 is 5.32 Å². The molecule has 4 nitrogen and oxygen atoms in total. The van der Waals surface area contributed by atoms with Crippen molar-refractivity contribution < 1.29 is 4.79 Å². The van der Waals surface area contributed by atoms with Gasteiger partial charge in [0.15, 0.2) is 0 Å². The molecular weight excluding hydrogens is 378 g/mol. The molecule has 2 aromatic carbocycles. The molecule has 1 saturated carbocycles. The van der Waals surface area contributed by atoms with Gasteiger partial charge in [-0.1, -0.05) is 67.1 Å². The number of nitrogens with zero attached hydrogens (tertiary/aromatic N) is 2. The maximum atomic E-state index is 13.0. The number of benzene rings is 2. The molecule has 4 rings (SSSR count). The van der Waals surface area contributed by atoms with E-state index in [1.54, 1.807) is 17.5 Å². The second-order valence-corrected chi connectivity index (χ2v) is 8.66. The molecule has 1 N–H and O–H groups in total. The molecular formula is C24H27N3OS. The molecule has 29 heavy (non-hydrogen) atoms. The van der Waals surface area contributed by atoms with Gasteiger partial charge in [0.05, 0.1) is 6.54 Å². The number of rotatable bonds is 9. The van der Waals surface area contributed by atoms with Crippen molar-refractivity contribution in [3.05, 3.63) is 88.4 Å². The molecule has 0 spiro atoms. The van der Waals surface area contributed by atoms with Crippen molar-refractivity contribution in [2.75, 3.05) is 13.1 Å². The van der Waals surface area contributed by atoms with E-state index in [0.29, 0.717) is 6.54 Å². The van der Waals surface area contributed by atoms with Crippen LogP contribution in [0.3, 0.4) is 0 Å². The Labute approximate surface area is 176 Å². The SMILES string of the molecule is O=C(CN(Cc1ccccc1)CC1CCC1)NC(c1ccccc1)c1nccs1. The van der Waals surface area contributed by atoms with Gasteiger partial charge in [0.25, 0.3) is 0 Å². The minimum absolute atomic E-state index is 0.0457. The molecule has 0 aliphatic heterocycles. The number of amides is 1. The second-order valence-electron chi connectivity index (χ2n) is 7.73. The average molecular weight is 406 g/mol. The molecule has 5 heteroatoms. The van der Waals surface area contributed by atoms with Crippen molar-refractivity contribution in [1.82, 2.24) is 15.2 Å². The summed E-state index contributed by atoms with van der Waals surface area (Å²) in [6, 6.07) is 20.3. The number of carbonyl (C=O) groups excluding carboxylic acids is 1. The highest BCUT2D eigenvalue weighted by Gasteiger charge is 2.24. The Morgan fingerprint density at radius 2 is 1.83 bits per heavy atom. The van der Waals surface area contributed by atoms with Gasteiger partial charge in [-0.15, -0.1) is 11.3 Å². The topological polar surface area (TPSA) is 45.2 Å². The minimum Gasteiger partial charge on any atom is -0.342 e. The molecule has 0 radical (unpaired) electrons. The summed E-state index contributed by atoms with van der Waals surface area (Å²) in [7, 11) is 0. The molecule has 3 aromatic rings. The van der Waals surface area contributed by atoms with Crippen LogP contribution in [0.4, 0.5) is 0 Å². The summed E-state index contributed by atoms with van der Waals surface area (Å²) in [5.41, 5.74) is 2.31. The van der Waals surface area contributed by atoms with Crippen LogP contribution in [-0.4, -0.2) is 28.9 Å². The van der Waals surface area contributed by atoms with Crippen molar-refractivity contribution >= 4 is 17.2 Å². The van der Waals surface area contributed by atoms with Gasteiger partial charge in [0, 0.05) is 24.7 Å². The predicted molar refractivity (Wildman–Crippen MR) is 118 cm³/mol. The summed E-state index contributed by atoms with van der Waals surface area (Å²) in [5, 5.41) is 6.10. The Morgan fingerprint density at radius 3 is 2.45 bits per heavy atom. The Balaban J connectivity index is 1.45. The smallest absolute Gasteiger partial charge is 0.235 e. The van der Waals surface area contributed by atoms with E-state index in [0.717, 1.165) is 29.6 Å². The Morgan fingerprint density at radius 1 is 1.10 bits per heavy atom. The van der Waals surface area contributed by atoms with E-state index in [1.165, 1.54) is 24.8 Å². The highest BCUT2D eigenvalue weighted by molar-refractivity contribution is 7.09. The lowest BCUT2D eigenvalue weighted by atomic mass is 9.85. The van der Waals surface area contributed by atoms with Gasteiger partial charge in [0.1, 0.15) is 11.0 Å². The number of thiazole rings is 1. The number of nitrogens with one attached hydrogen (secondary N) is 1. The Bertz CT molecular complexity index is 879. The van der Waals surface area contributed by atoms with E-state index in [1.807, 2.05) is 41.8 Å². The van der Waals surface area contributed by atoms with Crippen LogP contribution in [0.5, 0.6) is 0 Å². The first kappa shape index (κ1) is 19.8. The van der Waals surface area contributed by atoms with Crippen LogP contribution in [-0.2, 0) is 11.3 Å². The van der Waals surface area contributed by atoms with Crippen LogP contribution >= 0.6 is 11.3 Å². The fourth-order valence-electron chi connectivity index (χ4n) is 3.79. The van der Waals surface area contributed by atoms with Crippen LogP contribution in [0.25, 0.3) is 0 Å². The standard InChI is InChI=1S/C24H27N3OS/c28-22(26-23(24-25-14-15-29-24)21-12-5-2-6-13-21)18-27(17-20-10-7-11-20)16-19-8-3-1-4-9-19/h1-6,8-9,12-15,20,23H,7,10-11,16-18H2,(H,26,28). The first-order valence-electron chi connectivity index (χ1n) is 10.3. The lowest BCUT2D eigenvalue weighted by molar-refractivity contribution is -0.123. The molecule has 1 aromatic heterocycles. The lowest BCUT2D eigenvalue weighted by Gasteiger charge is -2.32. The normalized spacial score (nSPS) is 15.1. The summed E-state index contributed by atoms with van der Waals surface area (Å²) < 4.78 is 0. The fourth-order valence-corrected chi connectivity index (χ4v) is 4.50. The molecule has 1 aliphatic carbocycles. The maximum absolute atomic E-state index is 13.0. The number of aromatic nitrogens is 1. The zero-order valence-corrected chi connectivity index (χ0v) is 17.4. The van der Waals surface area contributed by atoms with Gasteiger partial charge in [-0.25, -0.2) is 4.98 Å². The molecule has 1 amide bonds. The van der Waals surface area contributed by atoms with Crippen LogP contribution in [0.15, 0.2) is 72.2 Å². The number of hydrogen-bond acceptors (Lipinski definition) is 4. The third-order valence-corrected chi connectivity index (χ3v) is 6.33. The van der Waals surface area contributed by atoms with Crippen molar-refractivity contribution in [3.8, 4) is 0 Å². The molecule has 1 aliphatic rings. The Kier molecular flexibility index (Phi) is 6.70. The highest BCUT2D eigenvalue weighted by atomic mass is 32.1. The summed E-state index contributed by atoms with van der Waals surface area (Å²) in [5.74, 6) is 0.764. The highest BCUT2D eigenvalue weighted by Crippen LogP contribution is 2.28. The van der Waals surface area contributed by atoms with Gasteiger partial charge in [0.2, 0.25) is 5.91 Å². The van der Waals surface area contributed by atoms with E-state index < -0.39 is 0 Å². The maximum Gasteiger partial charge on any atom is 0.235 e. The van der Waals surface area contributed by atoms with Gasteiger partial charge in [-0.3, -0.25) is 9.69 Å². The average Bonchev–Trinajstić information content (AvgIpc) is 3.25. The fraction of sp³-hybridized carbons (Fsp3) is 0.333. The third-order valence-electron chi connectivity index (χ3n) is 5.49. The minimum atomic E-state index is -0.203. The third kappa shape index (κ3) is 5.52. The Hall–Kier alpha value is -2.50. The quantitative estimate of drug-likeness (QED) is 0.564. The van der Waals surface area contributed by atoms with E-state index in [-0.39, 0.29) is 11.9 Å². The van der Waals surface area contributed by atoms with Crippen LogP contribution in [0.1, 0.15) is 41.4 Å². The summed E-state index contributed by atoms with van der Waals surface area (Å²) in [6.07, 6.45) is 5.66. The van der Waals surface area contributed by atoms with Crippen molar-refractivity contribution in [1.29, 1.82) is 0 Å². The predicted octanol–water partition coefficient (Wildman–Crippen LogP) is 4.65. The van der Waals surface area contributed by atoms with Gasteiger partial charge in [-0.05, 0) is 29.9 Å². The number of carbonyl (C=O) groups is 1. The lowest BCUT2D eigenvalue weighted by Crippen LogP contribution is -2.41. The largest absolute Gasteiger partial charge is 0.342 e. The summed E-state index contributed by atoms with van der Waals surface area (Å²) >= 11 is 1.57. The molecule has 150 valence electrons. The molecule has 1 fully saturated rings. The molecule has 0 bridgehead atoms. The van der Waals surface area contributed by atoms with Crippen molar-refractivity contribution in [2.24, 2.45) is 5.92 Å². The summed E-state index contributed by atoms with van der Waals surface area (Å²) in [6.45, 7) is 2.19. The van der Waals surface area contributed by atoms with Crippen LogP contribution < -0.4 is 5.32 Å². The van der Waals surface area contributed by atoms with E-state index in [2.05, 4.69) is 39.5 Å². The van der Waals surface area contributed by atoms with Gasteiger partial charge >= 0.3 is 0 Å². The second kappa shape index (κ2) is 9.81. The zero-order chi connectivity index (χ0) is 19.9. The van der Waals surface area contributed by atoms with Crippen LogP contribution in [0.2, 0.25) is 0 Å². The molecule has 1 unspecified atom stereocenters. The molecule has 1 atom stereocenters. The van der Waals surface area contributed by atoms with E-state index >= 15 is 0 Å². The zero-order valence-electron chi connectivity index (χ0n) is 16.5. The molecule has 1 heterocycles. The first-order valence-corrected chi connectivity index (χ1v) is 11.2. The van der Waals surface area contributed by atoms with Gasteiger partial charge in [-0.2, -0.15) is 0 Å². The van der Waals surface area contributed by atoms with Crippen molar-refractivity contribution in [3.63, 3.8) is 0 Å². The monoisotopic (exact) mass is 405 g/mol. The molecule has 0 saturated heterocycles. The summed E-state index contributed by atoms with van der Waals surface area (Å²) in [4.78, 5) is 19.8.